The first-order chi connectivity index (χ1) is 7.69. The van der Waals surface area contributed by atoms with Crippen LogP contribution in [-0.4, -0.2) is 24.6 Å². The van der Waals surface area contributed by atoms with Crippen molar-refractivity contribution in [1.82, 2.24) is 5.32 Å². The molecule has 0 saturated heterocycles. The van der Waals surface area contributed by atoms with Crippen molar-refractivity contribution in [1.29, 1.82) is 0 Å². The van der Waals surface area contributed by atoms with Gasteiger partial charge in [-0.05, 0) is 30.9 Å². The Morgan fingerprint density at radius 1 is 1.50 bits per heavy atom. The van der Waals surface area contributed by atoms with Crippen molar-refractivity contribution in [3.05, 3.63) is 34.6 Å². The lowest BCUT2D eigenvalue weighted by atomic mass is 10.1. The molecule has 0 aliphatic rings. The van der Waals surface area contributed by atoms with Crippen LogP contribution in [0.5, 0.6) is 0 Å². The van der Waals surface area contributed by atoms with Gasteiger partial charge < -0.3 is 5.32 Å². The molecule has 1 nitrogen and oxygen atoms in total. The second-order valence-electron chi connectivity index (χ2n) is 3.63. The zero-order chi connectivity index (χ0) is 12.0. The number of rotatable bonds is 6. The van der Waals surface area contributed by atoms with Gasteiger partial charge in [0.15, 0.2) is 0 Å². The van der Waals surface area contributed by atoms with Crippen molar-refractivity contribution in [2.75, 3.05) is 18.6 Å². The Morgan fingerprint density at radius 3 is 2.88 bits per heavy atom. The molecule has 0 aromatic heterocycles. The Morgan fingerprint density at radius 2 is 2.25 bits per heavy atom. The van der Waals surface area contributed by atoms with Gasteiger partial charge in [0.2, 0.25) is 0 Å². The molecule has 16 heavy (non-hydrogen) atoms. The summed E-state index contributed by atoms with van der Waals surface area (Å²) in [6, 6.07) is 5.33. The summed E-state index contributed by atoms with van der Waals surface area (Å²) in [5, 5.41) is 3.63. The van der Waals surface area contributed by atoms with Gasteiger partial charge in [-0.15, -0.1) is 0 Å². The maximum absolute atomic E-state index is 13.2. The highest BCUT2D eigenvalue weighted by molar-refractivity contribution is 7.98. The Hall–Kier alpha value is -0.250. The van der Waals surface area contributed by atoms with Gasteiger partial charge >= 0.3 is 0 Å². The lowest BCUT2D eigenvalue weighted by Gasteiger charge is -2.17. The van der Waals surface area contributed by atoms with E-state index in [2.05, 4.69) is 18.5 Å². The van der Waals surface area contributed by atoms with Gasteiger partial charge in [-0.3, -0.25) is 0 Å². The average Bonchev–Trinajstić information content (AvgIpc) is 2.25. The Labute approximate surface area is 106 Å². The molecule has 0 heterocycles. The number of thioether (sulfide) groups is 1. The van der Waals surface area contributed by atoms with Gasteiger partial charge in [0, 0.05) is 11.8 Å². The van der Waals surface area contributed by atoms with E-state index in [0.29, 0.717) is 6.04 Å². The molecule has 0 aliphatic carbocycles. The summed E-state index contributed by atoms with van der Waals surface area (Å²) in [6.45, 7) is 2.98. The summed E-state index contributed by atoms with van der Waals surface area (Å²) in [5.74, 6) is 0.666. The van der Waals surface area contributed by atoms with Crippen molar-refractivity contribution in [3.8, 4) is 0 Å². The van der Waals surface area contributed by atoms with Crippen molar-refractivity contribution >= 4 is 23.4 Å². The smallest absolute Gasteiger partial charge is 0.142 e. The molecule has 0 radical (unpaired) electrons. The Kier molecular flexibility index (Phi) is 6.17. The van der Waals surface area contributed by atoms with Crippen molar-refractivity contribution in [3.63, 3.8) is 0 Å². The average molecular weight is 262 g/mol. The SMILES string of the molecule is CCNC(CSC)Cc1cccc(F)c1Cl. The topological polar surface area (TPSA) is 12.0 Å². The first-order valence-corrected chi connectivity index (χ1v) is 7.11. The summed E-state index contributed by atoms with van der Waals surface area (Å²) >= 11 is 7.71. The molecule has 1 unspecified atom stereocenters. The van der Waals surface area contributed by atoms with Crippen LogP contribution >= 0.6 is 23.4 Å². The molecule has 0 amide bonds. The van der Waals surface area contributed by atoms with E-state index in [1.165, 1.54) is 6.07 Å². The van der Waals surface area contributed by atoms with E-state index in [-0.39, 0.29) is 10.8 Å². The quantitative estimate of drug-likeness (QED) is 0.843. The number of halogens is 2. The van der Waals surface area contributed by atoms with Gasteiger partial charge in [0.1, 0.15) is 5.82 Å². The van der Waals surface area contributed by atoms with Crippen molar-refractivity contribution < 1.29 is 4.39 Å². The van der Waals surface area contributed by atoms with E-state index in [0.717, 1.165) is 24.3 Å². The van der Waals surface area contributed by atoms with E-state index in [9.17, 15) is 4.39 Å². The van der Waals surface area contributed by atoms with E-state index in [1.54, 1.807) is 17.8 Å². The van der Waals surface area contributed by atoms with E-state index < -0.39 is 0 Å². The number of hydrogen-bond donors (Lipinski definition) is 1. The van der Waals surface area contributed by atoms with Crippen molar-refractivity contribution in [2.45, 2.75) is 19.4 Å². The monoisotopic (exact) mass is 261 g/mol. The van der Waals surface area contributed by atoms with Crippen LogP contribution < -0.4 is 5.32 Å². The summed E-state index contributed by atoms with van der Waals surface area (Å²) in [6.07, 6.45) is 2.84. The summed E-state index contributed by atoms with van der Waals surface area (Å²) in [4.78, 5) is 0. The van der Waals surface area contributed by atoms with E-state index >= 15 is 0 Å². The minimum atomic E-state index is -0.335. The predicted octanol–water partition coefficient (Wildman–Crippen LogP) is 3.36. The van der Waals surface area contributed by atoms with E-state index in [4.69, 9.17) is 11.6 Å². The second-order valence-corrected chi connectivity index (χ2v) is 4.92. The van der Waals surface area contributed by atoms with Crippen LogP contribution in [0.1, 0.15) is 12.5 Å². The first-order valence-electron chi connectivity index (χ1n) is 5.34. The molecular weight excluding hydrogens is 245 g/mol. The molecule has 1 aromatic carbocycles. The molecule has 0 fully saturated rings. The highest BCUT2D eigenvalue weighted by Crippen LogP contribution is 2.21. The Balaban J connectivity index is 2.72. The molecule has 0 bridgehead atoms. The van der Waals surface area contributed by atoms with Gasteiger partial charge in [-0.1, -0.05) is 30.7 Å². The van der Waals surface area contributed by atoms with Crippen LogP contribution in [0.3, 0.4) is 0 Å². The number of benzene rings is 1. The number of likely N-dealkylation sites (N-methyl/N-ethyl adjacent to an activating group) is 1. The highest BCUT2D eigenvalue weighted by Gasteiger charge is 2.12. The molecule has 1 aromatic rings. The molecule has 0 spiro atoms. The predicted molar refractivity (Wildman–Crippen MR) is 71.0 cm³/mol. The molecular formula is C12H17ClFNS. The summed E-state index contributed by atoms with van der Waals surface area (Å²) in [5.41, 5.74) is 0.877. The maximum Gasteiger partial charge on any atom is 0.142 e. The molecule has 4 heteroatoms. The molecule has 90 valence electrons. The molecule has 0 saturated carbocycles. The minimum absolute atomic E-state index is 0.256. The third kappa shape index (κ3) is 3.96. The zero-order valence-electron chi connectivity index (χ0n) is 9.59. The number of nitrogens with one attached hydrogen (secondary N) is 1. The first kappa shape index (κ1) is 13.8. The zero-order valence-corrected chi connectivity index (χ0v) is 11.2. The van der Waals surface area contributed by atoms with Gasteiger partial charge in [-0.2, -0.15) is 11.8 Å². The summed E-state index contributed by atoms with van der Waals surface area (Å²) in [7, 11) is 0. The lowest BCUT2D eigenvalue weighted by Crippen LogP contribution is -2.33. The fourth-order valence-electron chi connectivity index (χ4n) is 1.65. The second kappa shape index (κ2) is 7.15. The van der Waals surface area contributed by atoms with Crippen LogP contribution in [0.15, 0.2) is 18.2 Å². The van der Waals surface area contributed by atoms with Crippen LogP contribution in [0.25, 0.3) is 0 Å². The maximum atomic E-state index is 13.2. The van der Waals surface area contributed by atoms with Crippen LogP contribution in [-0.2, 0) is 6.42 Å². The molecule has 0 aliphatic heterocycles. The largest absolute Gasteiger partial charge is 0.313 e. The molecule has 1 rings (SSSR count). The van der Waals surface area contributed by atoms with Crippen LogP contribution in [0.2, 0.25) is 5.02 Å². The number of hydrogen-bond acceptors (Lipinski definition) is 2. The standard InChI is InChI=1S/C12H17ClFNS/c1-3-15-10(8-16-2)7-9-5-4-6-11(14)12(9)13/h4-6,10,15H,3,7-8H2,1-2H3. The molecule has 1 N–H and O–H groups in total. The normalized spacial score (nSPS) is 12.8. The van der Waals surface area contributed by atoms with Gasteiger partial charge in [0.05, 0.1) is 5.02 Å². The van der Waals surface area contributed by atoms with Crippen molar-refractivity contribution in [2.24, 2.45) is 0 Å². The molecule has 1 atom stereocenters. The van der Waals surface area contributed by atoms with Gasteiger partial charge in [-0.25, -0.2) is 4.39 Å². The third-order valence-electron chi connectivity index (χ3n) is 2.36. The Bertz CT molecular complexity index is 327. The summed E-state index contributed by atoms with van der Waals surface area (Å²) < 4.78 is 13.2. The minimum Gasteiger partial charge on any atom is -0.313 e. The third-order valence-corrected chi connectivity index (χ3v) is 3.52. The lowest BCUT2D eigenvalue weighted by molar-refractivity contribution is 0.568. The van der Waals surface area contributed by atoms with Crippen LogP contribution in [0.4, 0.5) is 4.39 Å². The van der Waals surface area contributed by atoms with E-state index in [1.807, 2.05) is 6.07 Å². The fraction of sp³-hybridized carbons (Fsp3) is 0.500. The van der Waals surface area contributed by atoms with Gasteiger partial charge in [0.25, 0.3) is 0 Å². The highest BCUT2D eigenvalue weighted by atomic mass is 35.5. The van der Waals surface area contributed by atoms with Crippen LogP contribution in [0, 0.1) is 5.82 Å². The fourth-order valence-corrected chi connectivity index (χ4v) is 2.49.